The molecule has 0 aliphatic carbocycles. The van der Waals surface area contributed by atoms with Crippen molar-refractivity contribution in [3.8, 4) is 16.2 Å². The molecule has 1 heterocycles. The number of rotatable bonds is 2. The standard InChI is InChI=1S/C13H15NOS/c1-8-6-12(15-4)9(2)5-11(8)13-7-14-10(3)16-13/h5-7H,1-4H3. The Morgan fingerprint density at radius 3 is 2.44 bits per heavy atom. The summed E-state index contributed by atoms with van der Waals surface area (Å²) >= 11 is 1.73. The highest BCUT2D eigenvalue weighted by Crippen LogP contribution is 2.32. The maximum atomic E-state index is 5.31. The van der Waals surface area contributed by atoms with E-state index >= 15 is 0 Å². The van der Waals surface area contributed by atoms with E-state index in [1.54, 1.807) is 18.4 Å². The van der Waals surface area contributed by atoms with Crippen LogP contribution in [0.15, 0.2) is 18.3 Å². The van der Waals surface area contributed by atoms with E-state index in [0.717, 1.165) is 16.3 Å². The van der Waals surface area contributed by atoms with Crippen LogP contribution >= 0.6 is 11.3 Å². The molecule has 0 atom stereocenters. The van der Waals surface area contributed by atoms with Crippen LogP contribution < -0.4 is 4.74 Å². The Balaban J connectivity index is 2.54. The van der Waals surface area contributed by atoms with Crippen LogP contribution in [-0.4, -0.2) is 12.1 Å². The molecule has 0 bridgehead atoms. The fraction of sp³-hybridized carbons (Fsp3) is 0.308. The Labute approximate surface area is 99.9 Å². The lowest BCUT2D eigenvalue weighted by Crippen LogP contribution is -1.90. The minimum absolute atomic E-state index is 0.947. The molecule has 16 heavy (non-hydrogen) atoms. The van der Waals surface area contributed by atoms with Gasteiger partial charge in [-0.1, -0.05) is 0 Å². The molecule has 0 fully saturated rings. The maximum absolute atomic E-state index is 5.31. The van der Waals surface area contributed by atoms with Gasteiger partial charge in [0.1, 0.15) is 5.75 Å². The third-order valence-corrected chi connectivity index (χ3v) is 3.57. The fourth-order valence-electron chi connectivity index (χ4n) is 1.76. The number of ether oxygens (including phenoxy) is 1. The minimum Gasteiger partial charge on any atom is -0.496 e. The zero-order chi connectivity index (χ0) is 11.7. The van der Waals surface area contributed by atoms with Crippen molar-refractivity contribution >= 4 is 11.3 Å². The van der Waals surface area contributed by atoms with Gasteiger partial charge in [0.15, 0.2) is 0 Å². The Morgan fingerprint density at radius 2 is 1.88 bits per heavy atom. The van der Waals surface area contributed by atoms with Crippen molar-refractivity contribution in [1.82, 2.24) is 4.98 Å². The SMILES string of the molecule is COc1cc(C)c(-c2cnc(C)s2)cc1C. The molecule has 0 N–H and O–H groups in total. The first-order chi connectivity index (χ1) is 7.61. The summed E-state index contributed by atoms with van der Waals surface area (Å²) in [7, 11) is 1.71. The van der Waals surface area contributed by atoms with Crippen LogP contribution in [0.1, 0.15) is 16.1 Å². The van der Waals surface area contributed by atoms with Gasteiger partial charge in [-0.3, -0.25) is 0 Å². The number of aromatic nitrogens is 1. The zero-order valence-electron chi connectivity index (χ0n) is 10.00. The number of nitrogens with zero attached hydrogens (tertiary/aromatic N) is 1. The van der Waals surface area contributed by atoms with Crippen molar-refractivity contribution in [3.05, 3.63) is 34.5 Å². The van der Waals surface area contributed by atoms with Crippen LogP contribution in [0.25, 0.3) is 10.4 Å². The molecule has 3 heteroatoms. The van der Waals surface area contributed by atoms with Crippen molar-refractivity contribution in [2.45, 2.75) is 20.8 Å². The first-order valence-electron chi connectivity index (χ1n) is 5.20. The average molecular weight is 233 g/mol. The molecule has 0 aliphatic rings. The van der Waals surface area contributed by atoms with Gasteiger partial charge in [0.25, 0.3) is 0 Å². The van der Waals surface area contributed by atoms with E-state index in [1.807, 2.05) is 13.1 Å². The normalized spacial score (nSPS) is 10.5. The first kappa shape index (κ1) is 11.1. The van der Waals surface area contributed by atoms with Gasteiger partial charge >= 0.3 is 0 Å². The number of thiazole rings is 1. The van der Waals surface area contributed by atoms with Gasteiger partial charge in [0.05, 0.1) is 17.0 Å². The van der Waals surface area contributed by atoms with Crippen molar-refractivity contribution in [2.75, 3.05) is 7.11 Å². The summed E-state index contributed by atoms with van der Waals surface area (Å²) in [6, 6.07) is 4.25. The summed E-state index contributed by atoms with van der Waals surface area (Å²) in [5.74, 6) is 0.947. The molecular weight excluding hydrogens is 218 g/mol. The van der Waals surface area contributed by atoms with Crippen LogP contribution in [-0.2, 0) is 0 Å². The highest BCUT2D eigenvalue weighted by Gasteiger charge is 2.08. The van der Waals surface area contributed by atoms with Gasteiger partial charge in [-0.15, -0.1) is 11.3 Å². The van der Waals surface area contributed by atoms with Crippen molar-refractivity contribution in [2.24, 2.45) is 0 Å². The van der Waals surface area contributed by atoms with Gasteiger partial charge in [0.2, 0.25) is 0 Å². The molecule has 0 saturated carbocycles. The predicted molar refractivity (Wildman–Crippen MR) is 68.3 cm³/mol. The average Bonchev–Trinajstić information content (AvgIpc) is 2.67. The van der Waals surface area contributed by atoms with Gasteiger partial charge in [-0.2, -0.15) is 0 Å². The monoisotopic (exact) mass is 233 g/mol. The van der Waals surface area contributed by atoms with E-state index < -0.39 is 0 Å². The molecule has 1 aromatic carbocycles. The molecule has 2 aromatic rings. The Morgan fingerprint density at radius 1 is 1.12 bits per heavy atom. The highest BCUT2D eigenvalue weighted by atomic mass is 32.1. The number of aryl methyl sites for hydroxylation is 3. The van der Waals surface area contributed by atoms with Crippen molar-refractivity contribution < 1.29 is 4.74 Å². The van der Waals surface area contributed by atoms with Gasteiger partial charge in [0, 0.05) is 6.20 Å². The summed E-state index contributed by atoms with van der Waals surface area (Å²) in [6.45, 7) is 6.20. The van der Waals surface area contributed by atoms with E-state index in [0.29, 0.717) is 0 Å². The molecule has 84 valence electrons. The second kappa shape index (κ2) is 4.26. The van der Waals surface area contributed by atoms with Crippen LogP contribution in [0.2, 0.25) is 0 Å². The molecular formula is C13H15NOS. The fourth-order valence-corrected chi connectivity index (χ4v) is 2.62. The van der Waals surface area contributed by atoms with Crippen LogP contribution in [0, 0.1) is 20.8 Å². The number of hydrogen-bond donors (Lipinski definition) is 0. The Bertz CT molecular complexity index is 517. The van der Waals surface area contributed by atoms with Crippen molar-refractivity contribution in [1.29, 1.82) is 0 Å². The van der Waals surface area contributed by atoms with E-state index in [9.17, 15) is 0 Å². The summed E-state index contributed by atoms with van der Waals surface area (Å²) in [6.07, 6.45) is 1.94. The molecule has 1 aromatic heterocycles. The molecule has 2 rings (SSSR count). The van der Waals surface area contributed by atoms with Crippen LogP contribution in [0.4, 0.5) is 0 Å². The van der Waals surface area contributed by atoms with E-state index in [2.05, 4.69) is 31.0 Å². The highest BCUT2D eigenvalue weighted by molar-refractivity contribution is 7.15. The van der Waals surface area contributed by atoms with Gasteiger partial charge < -0.3 is 4.74 Å². The topological polar surface area (TPSA) is 22.1 Å². The predicted octanol–water partition coefficient (Wildman–Crippen LogP) is 3.74. The first-order valence-corrected chi connectivity index (χ1v) is 6.01. The second-order valence-electron chi connectivity index (χ2n) is 3.88. The summed E-state index contributed by atoms with van der Waals surface area (Å²) in [5.41, 5.74) is 3.64. The smallest absolute Gasteiger partial charge is 0.122 e. The largest absolute Gasteiger partial charge is 0.496 e. The number of hydrogen-bond acceptors (Lipinski definition) is 3. The van der Waals surface area contributed by atoms with E-state index in [1.165, 1.54) is 16.0 Å². The molecule has 0 spiro atoms. The molecule has 0 saturated heterocycles. The third kappa shape index (κ3) is 1.95. The van der Waals surface area contributed by atoms with Crippen molar-refractivity contribution in [3.63, 3.8) is 0 Å². The molecule has 2 nitrogen and oxygen atoms in total. The van der Waals surface area contributed by atoms with E-state index in [-0.39, 0.29) is 0 Å². The summed E-state index contributed by atoms with van der Waals surface area (Å²) in [5, 5.41) is 1.10. The summed E-state index contributed by atoms with van der Waals surface area (Å²) in [4.78, 5) is 5.52. The number of benzene rings is 1. The zero-order valence-corrected chi connectivity index (χ0v) is 10.8. The molecule has 0 unspecified atom stereocenters. The lowest BCUT2D eigenvalue weighted by atomic mass is 10.0. The maximum Gasteiger partial charge on any atom is 0.122 e. The van der Waals surface area contributed by atoms with Gasteiger partial charge in [-0.25, -0.2) is 4.98 Å². The third-order valence-electron chi connectivity index (χ3n) is 2.63. The quantitative estimate of drug-likeness (QED) is 0.788. The molecule has 0 radical (unpaired) electrons. The van der Waals surface area contributed by atoms with Crippen LogP contribution in [0.5, 0.6) is 5.75 Å². The van der Waals surface area contributed by atoms with E-state index in [4.69, 9.17) is 4.74 Å². The Kier molecular flexibility index (Phi) is 2.97. The number of methoxy groups -OCH3 is 1. The van der Waals surface area contributed by atoms with Gasteiger partial charge in [-0.05, 0) is 49.6 Å². The second-order valence-corrected chi connectivity index (χ2v) is 5.12. The molecule has 0 aliphatic heterocycles. The summed E-state index contributed by atoms with van der Waals surface area (Å²) < 4.78 is 5.31. The van der Waals surface area contributed by atoms with Crippen LogP contribution in [0.3, 0.4) is 0 Å². The Hall–Kier alpha value is -1.35. The lowest BCUT2D eigenvalue weighted by molar-refractivity contribution is 0.411. The lowest BCUT2D eigenvalue weighted by Gasteiger charge is -2.09. The molecule has 0 amide bonds. The minimum atomic E-state index is 0.947.